The largest absolute Gasteiger partial charge is 0.469 e. The lowest BCUT2D eigenvalue weighted by Crippen LogP contribution is -2.43. The van der Waals surface area contributed by atoms with E-state index in [4.69, 9.17) is 9.15 Å². The maximum absolute atomic E-state index is 12.3. The average Bonchev–Trinajstić information content (AvgIpc) is 2.86. The molecule has 1 saturated carbocycles. The zero-order valence-corrected chi connectivity index (χ0v) is 12.6. The summed E-state index contributed by atoms with van der Waals surface area (Å²) in [7, 11) is 1.39. The summed E-state index contributed by atoms with van der Waals surface area (Å²) < 4.78 is 10.0. The number of oxazole rings is 1. The van der Waals surface area contributed by atoms with Crippen molar-refractivity contribution >= 4 is 11.9 Å². The molecule has 1 amide bonds. The van der Waals surface area contributed by atoms with Gasteiger partial charge in [0.15, 0.2) is 12.1 Å². The van der Waals surface area contributed by atoms with Crippen molar-refractivity contribution < 1.29 is 18.7 Å². The van der Waals surface area contributed by atoms with Crippen LogP contribution in [0, 0.1) is 5.92 Å². The zero-order valence-electron chi connectivity index (χ0n) is 12.6. The highest BCUT2D eigenvalue weighted by Crippen LogP contribution is 2.25. The first kappa shape index (κ1) is 15.5. The predicted molar refractivity (Wildman–Crippen MR) is 75.7 cm³/mol. The molecule has 6 heteroatoms. The van der Waals surface area contributed by atoms with Gasteiger partial charge in [-0.1, -0.05) is 26.2 Å². The van der Waals surface area contributed by atoms with E-state index in [1.165, 1.54) is 13.5 Å². The fraction of sp³-hybridized carbons (Fsp3) is 0.667. The van der Waals surface area contributed by atoms with Crippen LogP contribution in [0.4, 0.5) is 0 Å². The van der Waals surface area contributed by atoms with Crippen LogP contribution >= 0.6 is 0 Å². The van der Waals surface area contributed by atoms with Crippen LogP contribution in [-0.2, 0) is 16.0 Å². The zero-order chi connectivity index (χ0) is 15.2. The number of methoxy groups -OCH3 is 1. The molecular weight excluding hydrogens is 272 g/mol. The molecule has 0 spiro atoms. The number of hydrogen-bond acceptors (Lipinski definition) is 5. The van der Waals surface area contributed by atoms with Gasteiger partial charge in [-0.15, -0.1) is 0 Å². The molecule has 0 bridgehead atoms. The fourth-order valence-corrected chi connectivity index (χ4v) is 2.86. The molecule has 6 nitrogen and oxygen atoms in total. The van der Waals surface area contributed by atoms with Crippen LogP contribution in [0.1, 0.15) is 55.3 Å². The minimum Gasteiger partial charge on any atom is -0.469 e. The van der Waals surface area contributed by atoms with Gasteiger partial charge in [0.05, 0.1) is 13.0 Å². The number of carbonyl (C=O) groups excluding carboxylic acids is 2. The number of nitrogens with zero attached hydrogens (tertiary/aromatic N) is 1. The van der Waals surface area contributed by atoms with Crippen LogP contribution in [0.2, 0.25) is 0 Å². The van der Waals surface area contributed by atoms with Gasteiger partial charge in [0, 0.05) is 12.5 Å². The summed E-state index contributed by atoms with van der Waals surface area (Å²) in [5.41, 5.74) is 0.311. The molecule has 1 aromatic heterocycles. The molecule has 0 aromatic carbocycles. The van der Waals surface area contributed by atoms with Crippen molar-refractivity contribution in [1.82, 2.24) is 10.3 Å². The molecule has 1 aliphatic carbocycles. The van der Waals surface area contributed by atoms with Gasteiger partial charge < -0.3 is 14.5 Å². The number of nitrogens with one attached hydrogen (secondary N) is 1. The van der Waals surface area contributed by atoms with Crippen LogP contribution in [-0.4, -0.2) is 30.0 Å². The molecule has 0 aliphatic heterocycles. The van der Waals surface area contributed by atoms with Gasteiger partial charge in [0.1, 0.15) is 5.76 Å². The predicted octanol–water partition coefficient (Wildman–Crippen LogP) is 2.09. The van der Waals surface area contributed by atoms with Crippen molar-refractivity contribution in [3.05, 3.63) is 17.8 Å². The molecule has 1 aromatic rings. The minimum absolute atomic E-state index is 0.200. The Morgan fingerprint density at radius 2 is 2.14 bits per heavy atom. The summed E-state index contributed by atoms with van der Waals surface area (Å²) in [5, 5.41) is 2.94. The average molecular weight is 294 g/mol. The first-order valence-corrected chi connectivity index (χ1v) is 7.48. The van der Waals surface area contributed by atoms with E-state index in [0.29, 0.717) is 17.9 Å². The highest BCUT2D eigenvalue weighted by atomic mass is 16.5. The third kappa shape index (κ3) is 3.62. The lowest BCUT2D eigenvalue weighted by molar-refractivity contribution is -0.146. The van der Waals surface area contributed by atoms with E-state index in [-0.39, 0.29) is 23.8 Å². The molecule has 2 atom stereocenters. The Balaban J connectivity index is 2.10. The Bertz CT molecular complexity index is 498. The van der Waals surface area contributed by atoms with E-state index in [1.54, 1.807) is 0 Å². The first-order valence-electron chi connectivity index (χ1n) is 7.48. The summed E-state index contributed by atoms with van der Waals surface area (Å²) in [6.07, 6.45) is 6.46. The highest BCUT2D eigenvalue weighted by molar-refractivity contribution is 5.93. The molecule has 0 saturated heterocycles. The van der Waals surface area contributed by atoms with E-state index in [2.05, 4.69) is 10.3 Å². The number of hydrogen-bond donors (Lipinski definition) is 1. The van der Waals surface area contributed by atoms with Crippen molar-refractivity contribution in [3.8, 4) is 0 Å². The van der Waals surface area contributed by atoms with Crippen LogP contribution < -0.4 is 5.32 Å². The molecular formula is C15H22N2O4. The standard InChI is InChI=1S/C15H22N2O4/c1-3-12-13(16-9-21-12)14(18)17-11-8-6-4-5-7-10(11)15(19)20-2/h9-11H,3-8H2,1-2H3,(H,17,18)/t10-,11-/m0/s1. The van der Waals surface area contributed by atoms with Gasteiger partial charge in [0.25, 0.3) is 5.91 Å². The number of amides is 1. The van der Waals surface area contributed by atoms with E-state index >= 15 is 0 Å². The normalized spacial score (nSPS) is 22.4. The molecule has 1 fully saturated rings. The number of aryl methyl sites for hydroxylation is 1. The number of ether oxygens (including phenoxy) is 1. The van der Waals surface area contributed by atoms with Gasteiger partial charge in [-0.05, 0) is 12.8 Å². The maximum atomic E-state index is 12.3. The summed E-state index contributed by atoms with van der Waals surface area (Å²) in [5.74, 6) is -0.242. The molecule has 1 N–H and O–H groups in total. The fourth-order valence-electron chi connectivity index (χ4n) is 2.86. The summed E-state index contributed by atoms with van der Waals surface area (Å²) in [6.45, 7) is 1.90. The lowest BCUT2D eigenvalue weighted by Gasteiger charge is -2.23. The second-order valence-corrected chi connectivity index (χ2v) is 5.33. The van der Waals surface area contributed by atoms with Crippen LogP contribution in [0.15, 0.2) is 10.8 Å². The Morgan fingerprint density at radius 3 is 2.86 bits per heavy atom. The third-order valence-corrected chi connectivity index (χ3v) is 4.01. The van der Waals surface area contributed by atoms with E-state index in [1.807, 2.05) is 6.92 Å². The summed E-state index contributed by atoms with van der Waals surface area (Å²) in [6, 6.07) is -0.200. The minimum atomic E-state index is -0.279. The third-order valence-electron chi connectivity index (χ3n) is 4.01. The number of esters is 1. The van der Waals surface area contributed by atoms with Gasteiger partial charge >= 0.3 is 5.97 Å². The molecule has 2 rings (SSSR count). The van der Waals surface area contributed by atoms with E-state index in [0.717, 1.165) is 32.1 Å². The molecule has 1 aliphatic rings. The van der Waals surface area contributed by atoms with E-state index < -0.39 is 0 Å². The van der Waals surface area contributed by atoms with Crippen molar-refractivity contribution in [3.63, 3.8) is 0 Å². The Labute approximate surface area is 124 Å². The second-order valence-electron chi connectivity index (χ2n) is 5.33. The molecule has 1 heterocycles. The van der Waals surface area contributed by atoms with Crippen LogP contribution in [0.25, 0.3) is 0 Å². The number of aromatic nitrogens is 1. The smallest absolute Gasteiger partial charge is 0.310 e. The van der Waals surface area contributed by atoms with Crippen LogP contribution in [0.5, 0.6) is 0 Å². The number of rotatable bonds is 4. The highest BCUT2D eigenvalue weighted by Gasteiger charge is 2.32. The van der Waals surface area contributed by atoms with E-state index in [9.17, 15) is 9.59 Å². The summed E-state index contributed by atoms with van der Waals surface area (Å²) in [4.78, 5) is 28.2. The summed E-state index contributed by atoms with van der Waals surface area (Å²) >= 11 is 0. The van der Waals surface area contributed by atoms with Gasteiger partial charge in [0.2, 0.25) is 0 Å². The van der Waals surface area contributed by atoms with Crippen molar-refractivity contribution in [2.45, 2.75) is 51.5 Å². The molecule has 116 valence electrons. The van der Waals surface area contributed by atoms with Gasteiger partial charge in [-0.2, -0.15) is 0 Å². The Hall–Kier alpha value is -1.85. The molecule has 21 heavy (non-hydrogen) atoms. The molecule has 0 radical (unpaired) electrons. The first-order chi connectivity index (χ1) is 10.2. The van der Waals surface area contributed by atoms with Gasteiger partial charge in [-0.25, -0.2) is 4.98 Å². The topological polar surface area (TPSA) is 81.4 Å². The maximum Gasteiger partial charge on any atom is 0.310 e. The van der Waals surface area contributed by atoms with Crippen LogP contribution in [0.3, 0.4) is 0 Å². The van der Waals surface area contributed by atoms with Crippen molar-refractivity contribution in [2.75, 3.05) is 7.11 Å². The Morgan fingerprint density at radius 1 is 1.38 bits per heavy atom. The SMILES string of the molecule is CCc1ocnc1C(=O)N[C@H]1CCCCC[C@@H]1C(=O)OC. The quantitative estimate of drug-likeness (QED) is 0.679. The van der Waals surface area contributed by atoms with Gasteiger partial charge in [-0.3, -0.25) is 9.59 Å². The second kappa shape index (κ2) is 7.24. The van der Waals surface area contributed by atoms with Crippen molar-refractivity contribution in [2.24, 2.45) is 5.92 Å². The Kier molecular flexibility index (Phi) is 5.36. The van der Waals surface area contributed by atoms with Crippen molar-refractivity contribution in [1.29, 1.82) is 0 Å². The monoisotopic (exact) mass is 294 g/mol. The number of carbonyl (C=O) groups is 2. The molecule has 0 unspecified atom stereocenters. The lowest BCUT2D eigenvalue weighted by atomic mass is 9.94.